The van der Waals surface area contributed by atoms with Crippen LogP contribution in [0, 0.1) is 5.92 Å². The number of nitrogens with zero attached hydrogens (tertiary/aromatic N) is 1. The van der Waals surface area contributed by atoms with Gasteiger partial charge in [0.15, 0.2) is 17.3 Å². The Labute approximate surface area is 195 Å². The summed E-state index contributed by atoms with van der Waals surface area (Å²) in [6, 6.07) is 14.7. The van der Waals surface area contributed by atoms with Crippen molar-refractivity contribution in [2.24, 2.45) is 5.92 Å². The minimum Gasteiger partial charge on any atom is -0.486 e. The van der Waals surface area contributed by atoms with Crippen LogP contribution in [-0.2, 0) is 4.79 Å². The zero-order chi connectivity index (χ0) is 23.0. The van der Waals surface area contributed by atoms with Gasteiger partial charge in [-0.15, -0.1) is 0 Å². The second-order valence-corrected chi connectivity index (χ2v) is 9.00. The molecule has 0 radical (unpaired) electrons. The molecule has 2 aliphatic heterocycles. The summed E-state index contributed by atoms with van der Waals surface area (Å²) in [4.78, 5) is 27.5. The molecule has 0 aromatic heterocycles. The fourth-order valence-corrected chi connectivity index (χ4v) is 4.70. The van der Waals surface area contributed by atoms with Crippen molar-refractivity contribution in [3.63, 3.8) is 0 Å². The number of carbonyl (C=O) groups excluding carboxylic acids is 2. The van der Waals surface area contributed by atoms with Crippen molar-refractivity contribution in [3.05, 3.63) is 59.7 Å². The van der Waals surface area contributed by atoms with Gasteiger partial charge >= 0.3 is 0 Å². The zero-order valence-corrected chi connectivity index (χ0v) is 19.1. The van der Waals surface area contributed by atoms with Gasteiger partial charge in [-0.2, -0.15) is 0 Å². The van der Waals surface area contributed by atoms with Crippen molar-refractivity contribution < 1.29 is 24.2 Å². The third kappa shape index (κ3) is 6.42. The summed E-state index contributed by atoms with van der Waals surface area (Å²) in [5.41, 5.74) is 1.43. The number of aliphatic hydroxyl groups excluding tert-OH is 1. The van der Waals surface area contributed by atoms with Gasteiger partial charge < -0.3 is 19.5 Å². The Hall–Kier alpha value is -2.70. The topological polar surface area (TPSA) is 76.1 Å². The first-order valence-corrected chi connectivity index (χ1v) is 12.0. The zero-order valence-electron chi connectivity index (χ0n) is 19.1. The summed E-state index contributed by atoms with van der Waals surface area (Å²) in [5, 5.41) is 11.2. The molecule has 0 spiro atoms. The van der Waals surface area contributed by atoms with Gasteiger partial charge in [-0.05, 0) is 50.0 Å². The predicted molar refractivity (Wildman–Crippen MR) is 126 cm³/mol. The monoisotopic (exact) mass is 451 g/mol. The molecule has 0 aliphatic carbocycles. The summed E-state index contributed by atoms with van der Waals surface area (Å²) in [6.07, 6.45) is 3.08. The number of rotatable bonds is 11. The quantitative estimate of drug-likeness (QED) is 0.516. The van der Waals surface area contributed by atoms with E-state index in [2.05, 4.69) is 4.90 Å². The number of carbonyl (C=O) groups is 2. The van der Waals surface area contributed by atoms with E-state index in [4.69, 9.17) is 9.47 Å². The molecule has 2 atom stereocenters. The highest BCUT2D eigenvalue weighted by molar-refractivity contribution is 5.96. The largest absolute Gasteiger partial charge is 0.486 e. The molecule has 0 saturated carbocycles. The van der Waals surface area contributed by atoms with Crippen molar-refractivity contribution in [2.45, 2.75) is 44.6 Å². The Morgan fingerprint density at radius 1 is 0.939 bits per heavy atom. The van der Waals surface area contributed by atoms with Gasteiger partial charge in [0.25, 0.3) is 0 Å². The van der Waals surface area contributed by atoms with Crippen molar-refractivity contribution in [1.82, 2.24) is 4.90 Å². The minimum atomic E-state index is -0.767. The average molecular weight is 452 g/mol. The number of benzene rings is 2. The van der Waals surface area contributed by atoms with Crippen LogP contribution in [0.1, 0.15) is 60.6 Å². The summed E-state index contributed by atoms with van der Waals surface area (Å²) in [6.45, 7) is 3.70. The van der Waals surface area contributed by atoms with E-state index in [0.29, 0.717) is 62.5 Å². The third-order valence-corrected chi connectivity index (χ3v) is 6.49. The first kappa shape index (κ1) is 23.5. The number of ketones is 2. The van der Waals surface area contributed by atoms with Crippen LogP contribution >= 0.6 is 0 Å². The SMILES string of the molecule is O=C(CCCC(=O)c1ccccc1)C[C@H](CN1CCCC1)[C@H](O)c1ccc2c(c1)OCCO2. The molecule has 2 aromatic rings. The lowest BCUT2D eigenvalue weighted by Crippen LogP contribution is -2.31. The molecule has 1 fully saturated rings. The standard InChI is InChI=1S/C27H33NO5/c29-23(9-6-10-24(30)20-7-2-1-3-8-20)17-22(19-28-13-4-5-14-28)27(31)21-11-12-25-26(18-21)33-16-15-32-25/h1-3,7-8,11-12,18,22,27,31H,4-6,9-10,13-17,19H2/t22-,27-/m1/s1. The molecule has 33 heavy (non-hydrogen) atoms. The van der Waals surface area contributed by atoms with Gasteiger partial charge in [-0.25, -0.2) is 0 Å². The maximum Gasteiger partial charge on any atom is 0.162 e. The highest BCUT2D eigenvalue weighted by Gasteiger charge is 2.28. The third-order valence-electron chi connectivity index (χ3n) is 6.49. The van der Waals surface area contributed by atoms with E-state index >= 15 is 0 Å². The first-order chi connectivity index (χ1) is 16.1. The molecule has 0 amide bonds. The van der Waals surface area contributed by atoms with Crippen LogP contribution in [0.4, 0.5) is 0 Å². The first-order valence-electron chi connectivity index (χ1n) is 12.0. The molecular formula is C27H33NO5. The highest BCUT2D eigenvalue weighted by atomic mass is 16.6. The lowest BCUT2D eigenvalue weighted by atomic mass is 9.89. The Morgan fingerprint density at radius 3 is 2.42 bits per heavy atom. The Kier molecular flexibility index (Phi) is 8.13. The number of fused-ring (bicyclic) bond motifs is 1. The van der Waals surface area contributed by atoms with E-state index in [-0.39, 0.29) is 17.5 Å². The molecule has 176 valence electrons. The predicted octanol–water partition coefficient (Wildman–Crippen LogP) is 4.22. The lowest BCUT2D eigenvalue weighted by Gasteiger charge is -2.28. The summed E-state index contributed by atoms with van der Waals surface area (Å²) in [5.74, 6) is 1.28. The van der Waals surface area contributed by atoms with E-state index in [1.807, 2.05) is 36.4 Å². The van der Waals surface area contributed by atoms with E-state index in [9.17, 15) is 14.7 Å². The molecule has 2 aromatic carbocycles. The summed E-state index contributed by atoms with van der Waals surface area (Å²) in [7, 11) is 0. The van der Waals surface area contributed by atoms with Crippen LogP contribution in [0.25, 0.3) is 0 Å². The number of likely N-dealkylation sites (tertiary alicyclic amines) is 1. The number of Topliss-reactive ketones (excluding diaryl/α,β-unsaturated/α-hetero) is 2. The van der Waals surface area contributed by atoms with Crippen molar-refractivity contribution in [1.29, 1.82) is 0 Å². The Morgan fingerprint density at radius 2 is 1.67 bits per heavy atom. The second-order valence-electron chi connectivity index (χ2n) is 9.00. The van der Waals surface area contributed by atoms with Gasteiger partial charge in [-0.1, -0.05) is 36.4 Å². The van der Waals surface area contributed by atoms with Gasteiger partial charge in [0.1, 0.15) is 19.0 Å². The maximum atomic E-state index is 12.8. The molecule has 4 rings (SSSR count). The number of hydrogen-bond donors (Lipinski definition) is 1. The molecular weight excluding hydrogens is 418 g/mol. The number of ether oxygens (including phenoxy) is 2. The molecule has 2 heterocycles. The molecule has 1 saturated heterocycles. The van der Waals surface area contributed by atoms with E-state index in [0.717, 1.165) is 31.5 Å². The molecule has 0 unspecified atom stereocenters. The smallest absolute Gasteiger partial charge is 0.162 e. The minimum absolute atomic E-state index is 0.0633. The molecule has 1 N–H and O–H groups in total. The van der Waals surface area contributed by atoms with Crippen molar-refractivity contribution in [2.75, 3.05) is 32.8 Å². The molecule has 0 bridgehead atoms. The van der Waals surface area contributed by atoms with Crippen LogP contribution < -0.4 is 9.47 Å². The van der Waals surface area contributed by atoms with Crippen molar-refractivity contribution >= 4 is 11.6 Å². The molecule has 6 nitrogen and oxygen atoms in total. The van der Waals surface area contributed by atoms with Gasteiger partial charge in [-0.3, -0.25) is 9.59 Å². The maximum absolute atomic E-state index is 12.8. The Bertz CT molecular complexity index is 939. The fraction of sp³-hybridized carbons (Fsp3) is 0.481. The fourth-order valence-electron chi connectivity index (χ4n) is 4.70. The van der Waals surface area contributed by atoms with E-state index in [1.165, 1.54) is 0 Å². The van der Waals surface area contributed by atoms with Crippen LogP contribution in [-0.4, -0.2) is 54.4 Å². The molecule has 6 heteroatoms. The van der Waals surface area contributed by atoms with E-state index in [1.54, 1.807) is 12.1 Å². The van der Waals surface area contributed by atoms with Crippen LogP contribution in [0.3, 0.4) is 0 Å². The van der Waals surface area contributed by atoms with Gasteiger partial charge in [0, 0.05) is 37.3 Å². The lowest BCUT2D eigenvalue weighted by molar-refractivity contribution is -0.121. The van der Waals surface area contributed by atoms with Crippen LogP contribution in [0.5, 0.6) is 11.5 Å². The highest BCUT2D eigenvalue weighted by Crippen LogP contribution is 2.35. The second kappa shape index (κ2) is 11.4. The summed E-state index contributed by atoms with van der Waals surface area (Å²) >= 11 is 0. The molecule has 2 aliphatic rings. The van der Waals surface area contributed by atoms with Gasteiger partial charge in [0.2, 0.25) is 0 Å². The number of aliphatic hydroxyl groups is 1. The van der Waals surface area contributed by atoms with Crippen LogP contribution in [0.2, 0.25) is 0 Å². The van der Waals surface area contributed by atoms with Gasteiger partial charge in [0.05, 0.1) is 6.10 Å². The van der Waals surface area contributed by atoms with Crippen molar-refractivity contribution in [3.8, 4) is 11.5 Å². The number of hydrogen-bond acceptors (Lipinski definition) is 6. The summed E-state index contributed by atoms with van der Waals surface area (Å²) < 4.78 is 11.3. The van der Waals surface area contributed by atoms with E-state index < -0.39 is 6.10 Å². The van der Waals surface area contributed by atoms with Crippen LogP contribution in [0.15, 0.2) is 48.5 Å². The Balaban J connectivity index is 1.36. The average Bonchev–Trinajstić information content (AvgIpc) is 3.36. The normalized spacial score (nSPS) is 17.5.